The summed E-state index contributed by atoms with van der Waals surface area (Å²) in [6.45, 7) is 5.20. The van der Waals surface area contributed by atoms with Crippen LogP contribution in [-0.4, -0.2) is 17.7 Å². The number of hydrogen-bond acceptors (Lipinski definition) is 3. The number of halogens is 2. The minimum Gasteiger partial charge on any atom is -0.444 e. The Morgan fingerprint density at radius 2 is 2.20 bits per heavy atom. The Morgan fingerprint density at radius 1 is 1.55 bits per heavy atom. The van der Waals surface area contributed by atoms with Gasteiger partial charge in [0.25, 0.3) is 0 Å². The van der Waals surface area contributed by atoms with Gasteiger partial charge >= 0.3 is 6.09 Å². The molecule has 0 aliphatic rings. The summed E-state index contributed by atoms with van der Waals surface area (Å²) in [5.74, 6) is -0.406. The number of carbonyl (C=O) groups excluding carboxylic acids is 1. The summed E-state index contributed by atoms with van der Waals surface area (Å²) in [4.78, 5) is 11.6. The highest BCUT2D eigenvalue weighted by Crippen LogP contribution is 2.17. The first kappa shape index (κ1) is 16.4. The molecule has 0 radical (unpaired) electrons. The van der Waals surface area contributed by atoms with Crippen molar-refractivity contribution in [1.82, 2.24) is 5.32 Å². The van der Waals surface area contributed by atoms with E-state index < -0.39 is 23.6 Å². The summed E-state index contributed by atoms with van der Waals surface area (Å²) in [6, 6.07) is 5.76. The van der Waals surface area contributed by atoms with Crippen molar-refractivity contribution in [3.63, 3.8) is 0 Å². The number of rotatable bonds is 3. The lowest BCUT2D eigenvalue weighted by Crippen LogP contribution is -2.39. The van der Waals surface area contributed by atoms with E-state index in [-0.39, 0.29) is 6.42 Å². The summed E-state index contributed by atoms with van der Waals surface area (Å²) < 4.78 is 18.8. The highest BCUT2D eigenvalue weighted by atomic mass is 79.9. The molecule has 0 saturated heterocycles. The van der Waals surface area contributed by atoms with E-state index in [9.17, 15) is 9.18 Å². The van der Waals surface area contributed by atoms with Crippen molar-refractivity contribution in [2.24, 2.45) is 0 Å². The fourth-order valence-corrected chi connectivity index (χ4v) is 1.73. The van der Waals surface area contributed by atoms with Crippen molar-refractivity contribution < 1.29 is 13.9 Å². The van der Waals surface area contributed by atoms with Crippen LogP contribution < -0.4 is 5.32 Å². The molecule has 1 aromatic rings. The van der Waals surface area contributed by atoms with Gasteiger partial charge in [-0.3, -0.25) is 0 Å². The van der Waals surface area contributed by atoms with Crippen LogP contribution in [-0.2, 0) is 11.2 Å². The van der Waals surface area contributed by atoms with Crippen molar-refractivity contribution in [2.45, 2.75) is 38.8 Å². The zero-order valence-corrected chi connectivity index (χ0v) is 13.1. The van der Waals surface area contributed by atoms with Gasteiger partial charge in [0.2, 0.25) is 0 Å². The number of hydrogen-bond donors (Lipinski definition) is 1. The monoisotopic (exact) mass is 342 g/mol. The smallest absolute Gasteiger partial charge is 0.408 e. The quantitative estimate of drug-likeness (QED) is 0.913. The molecule has 1 amide bonds. The lowest BCUT2D eigenvalue weighted by Gasteiger charge is -2.21. The van der Waals surface area contributed by atoms with E-state index in [0.717, 1.165) is 0 Å². The maximum absolute atomic E-state index is 13.4. The average molecular weight is 343 g/mol. The summed E-state index contributed by atoms with van der Waals surface area (Å²) in [5, 5.41) is 11.5. The first-order valence-corrected chi connectivity index (χ1v) is 6.83. The molecule has 4 nitrogen and oxygen atoms in total. The second-order valence-electron chi connectivity index (χ2n) is 5.28. The van der Waals surface area contributed by atoms with Crippen LogP contribution in [0.15, 0.2) is 22.7 Å². The van der Waals surface area contributed by atoms with E-state index in [1.807, 2.05) is 6.07 Å². The lowest BCUT2D eigenvalue weighted by molar-refractivity contribution is 0.0516. The van der Waals surface area contributed by atoms with Gasteiger partial charge in [-0.15, -0.1) is 0 Å². The number of amides is 1. The Hall–Kier alpha value is -1.61. The zero-order valence-electron chi connectivity index (χ0n) is 11.5. The van der Waals surface area contributed by atoms with Crippen molar-refractivity contribution in [3.05, 3.63) is 34.1 Å². The third kappa shape index (κ3) is 5.57. The summed E-state index contributed by atoms with van der Waals surface area (Å²) >= 11 is 3.06. The minimum atomic E-state index is -0.773. The predicted molar refractivity (Wildman–Crippen MR) is 76.6 cm³/mol. The van der Waals surface area contributed by atoms with Gasteiger partial charge in [-0.25, -0.2) is 9.18 Å². The fraction of sp³-hybridized carbons (Fsp3) is 0.429. The van der Waals surface area contributed by atoms with Crippen molar-refractivity contribution in [1.29, 1.82) is 5.26 Å². The van der Waals surface area contributed by atoms with E-state index in [1.54, 1.807) is 32.9 Å². The van der Waals surface area contributed by atoms with Gasteiger partial charge in [0.05, 0.1) is 10.5 Å². The number of ether oxygens (including phenoxy) is 1. The Kier molecular flexibility index (Phi) is 5.52. The molecule has 0 bridgehead atoms. The number of nitrogens with zero attached hydrogens (tertiary/aromatic N) is 1. The topological polar surface area (TPSA) is 62.1 Å². The molecule has 1 aromatic carbocycles. The Bertz CT molecular complexity index is 535. The van der Waals surface area contributed by atoms with E-state index in [1.165, 1.54) is 6.07 Å². The molecule has 0 aliphatic heterocycles. The Morgan fingerprint density at radius 3 is 2.70 bits per heavy atom. The van der Waals surface area contributed by atoms with E-state index in [4.69, 9.17) is 10.00 Å². The second kappa shape index (κ2) is 6.71. The minimum absolute atomic E-state index is 0.208. The van der Waals surface area contributed by atoms with Gasteiger partial charge in [-0.05, 0) is 54.4 Å². The van der Waals surface area contributed by atoms with Crippen LogP contribution in [0.4, 0.5) is 9.18 Å². The molecule has 0 fully saturated rings. The first-order valence-electron chi connectivity index (χ1n) is 6.04. The lowest BCUT2D eigenvalue weighted by atomic mass is 10.1. The molecule has 1 rings (SSSR count). The number of carbonyl (C=O) groups is 1. The van der Waals surface area contributed by atoms with Crippen LogP contribution >= 0.6 is 15.9 Å². The summed E-state index contributed by atoms with van der Waals surface area (Å²) in [5.41, 5.74) is -0.0123. The highest BCUT2D eigenvalue weighted by molar-refractivity contribution is 9.10. The molecule has 0 spiro atoms. The van der Waals surface area contributed by atoms with Crippen molar-refractivity contribution >= 4 is 22.0 Å². The van der Waals surface area contributed by atoms with Crippen LogP contribution in [0.1, 0.15) is 26.3 Å². The average Bonchev–Trinajstić information content (AvgIpc) is 2.30. The van der Waals surface area contributed by atoms with Crippen molar-refractivity contribution in [2.75, 3.05) is 0 Å². The van der Waals surface area contributed by atoms with Crippen LogP contribution in [0.2, 0.25) is 0 Å². The zero-order chi connectivity index (χ0) is 15.3. The first-order chi connectivity index (χ1) is 9.21. The molecule has 0 aromatic heterocycles. The van der Waals surface area contributed by atoms with Crippen molar-refractivity contribution in [3.8, 4) is 6.07 Å². The van der Waals surface area contributed by atoms with Crippen LogP contribution in [0.25, 0.3) is 0 Å². The normalized spacial score (nSPS) is 12.4. The molecular formula is C14H16BrFN2O2. The van der Waals surface area contributed by atoms with Crippen LogP contribution in [0.5, 0.6) is 0 Å². The van der Waals surface area contributed by atoms with Crippen LogP contribution in [0, 0.1) is 17.1 Å². The molecular weight excluding hydrogens is 327 g/mol. The molecule has 0 saturated carbocycles. The molecule has 20 heavy (non-hydrogen) atoms. The molecule has 1 N–H and O–H groups in total. The van der Waals surface area contributed by atoms with Gasteiger partial charge in [-0.2, -0.15) is 5.26 Å². The van der Waals surface area contributed by atoms with Gasteiger partial charge < -0.3 is 10.1 Å². The molecule has 1 atom stereocenters. The van der Waals surface area contributed by atoms with Gasteiger partial charge in [-0.1, -0.05) is 6.07 Å². The number of benzene rings is 1. The molecule has 108 valence electrons. The summed E-state index contributed by atoms with van der Waals surface area (Å²) in [7, 11) is 0. The largest absolute Gasteiger partial charge is 0.444 e. The third-order valence-electron chi connectivity index (χ3n) is 2.27. The summed E-state index contributed by atoms with van der Waals surface area (Å²) in [6.07, 6.45) is -0.457. The highest BCUT2D eigenvalue weighted by Gasteiger charge is 2.19. The van der Waals surface area contributed by atoms with Gasteiger partial charge in [0, 0.05) is 6.42 Å². The SMILES string of the molecule is CC(C)(C)OC(=O)N[C@H](C#N)Cc1ccc(Br)c(F)c1. The maximum Gasteiger partial charge on any atom is 0.408 e. The van der Waals surface area contributed by atoms with E-state index in [2.05, 4.69) is 21.2 Å². The predicted octanol–water partition coefficient (Wildman–Crippen LogP) is 3.55. The molecule has 0 unspecified atom stereocenters. The molecule has 6 heteroatoms. The number of nitriles is 1. The van der Waals surface area contributed by atoms with Gasteiger partial charge in [0.15, 0.2) is 0 Å². The van der Waals surface area contributed by atoms with Crippen LogP contribution in [0.3, 0.4) is 0 Å². The van der Waals surface area contributed by atoms with E-state index >= 15 is 0 Å². The second-order valence-corrected chi connectivity index (χ2v) is 6.13. The molecule has 0 heterocycles. The number of nitrogens with one attached hydrogen (secondary N) is 1. The standard InChI is InChI=1S/C14H16BrFN2O2/c1-14(2,3)20-13(19)18-10(8-17)6-9-4-5-11(15)12(16)7-9/h4-5,7,10H,6H2,1-3H3,(H,18,19)/t10-/m0/s1. The maximum atomic E-state index is 13.4. The number of alkyl carbamates (subject to hydrolysis) is 1. The Labute approximate surface area is 126 Å². The van der Waals surface area contributed by atoms with E-state index in [0.29, 0.717) is 10.0 Å². The third-order valence-corrected chi connectivity index (χ3v) is 2.91. The van der Waals surface area contributed by atoms with Gasteiger partial charge in [0.1, 0.15) is 17.5 Å². The fourth-order valence-electron chi connectivity index (χ4n) is 1.48. The Balaban J connectivity index is 2.66. The molecule has 0 aliphatic carbocycles.